The number of anilines is 1. The number of amides is 1. The first-order chi connectivity index (χ1) is 13.8. The molecular formula is C19H15F4N3O2S. The monoisotopic (exact) mass is 425 g/mol. The van der Waals surface area contributed by atoms with E-state index < -0.39 is 24.5 Å². The van der Waals surface area contributed by atoms with Gasteiger partial charge in [0.2, 0.25) is 0 Å². The fourth-order valence-corrected chi connectivity index (χ4v) is 3.02. The predicted octanol–water partition coefficient (Wildman–Crippen LogP) is 4.93. The van der Waals surface area contributed by atoms with E-state index in [9.17, 15) is 22.4 Å². The van der Waals surface area contributed by atoms with Gasteiger partial charge in [0, 0.05) is 11.4 Å². The lowest BCUT2D eigenvalue weighted by Gasteiger charge is -2.12. The molecule has 0 radical (unpaired) electrons. The second-order valence-electron chi connectivity index (χ2n) is 5.82. The standard InChI is InChI=1S/C19H15F4N3O2S/c1-29-18-24-10-16(26(18)14-6-2-12(20)3-7-14)17(27)25-13-4-8-15(9-5-13)28-11-19(21,22)23/h2-10H,11H2,1H3,(H,25,27). The molecule has 10 heteroatoms. The van der Waals surface area contributed by atoms with Crippen LogP contribution in [0.2, 0.25) is 0 Å². The number of carbonyl (C=O) groups is 1. The summed E-state index contributed by atoms with van der Waals surface area (Å²) in [6.45, 7) is -1.40. The maximum absolute atomic E-state index is 13.2. The Balaban J connectivity index is 1.77. The number of hydrogen-bond donors (Lipinski definition) is 1. The van der Waals surface area contributed by atoms with Gasteiger partial charge in [-0.3, -0.25) is 9.36 Å². The van der Waals surface area contributed by atoms with E-state index >= 15 is 0 Å². The maximum Gasteiger partial charge on any atom is 0.422 e. The van der Waals surface area contributed by atoms with Gasteiger partial charge in [-0.05, 0) is 54.8 Å². The van der Waals surface area contributed by atoms with Crippen molar-refractivity contribution in [2.75, 3.05) is 18.2 Å². The second kappa shape index (κ2) is 8.56. The van der Waals surface area contributed by atoms with Crippen LogP contribution in [0, 0.1) is 5.82 Å². The van der Waals surface area contributed by atoms with Crippen LogP contribution >= 0.6 is 11.8 Å². The highest BCUT2D eigenvalue weighted by molar-refractivity contribution is 7.98. The molecule has 2 aromatic carbocycles. The molecule has 152 valence electrons. The van der Waals surface area contributed by atoms with Crippen molar-refractivity contribution in [3.05, 3.63) is 66.2 Å². The Labute approximate surface area is 167 Å². The van der Waals surface area contributed by atoms with E-state index in [1.165, 1.54) is 66.5 Å². The molecule has 5 nitrogen and oxygen atoms in total. The van der Waals surface area contributed by atoms with E-state index in [-0.39, 0.29) is 11.4 Å². The fraction of sp³-hybridized carbons (Fsp3) is 0.158. The van der Waals surface area contributed by atoms with Crippen LogP contribution < -0.4 is 10.1 Å². The maximum atomic E-state index is 13.2. The van der Waals surface area contributed by atoms with Crippen molar-refractivity contribution < 1.29 is 27.1 Å². The van der Waals surface area contributed by atoms with Crippen LogP contribution in [0.3, 0.4) is 0 Å². The van der Waals surface area contributed by atoms with Crippen LogP contribution in [-0.2, 0) is 0 Å². The number of carbonyl (C=O) groups excluding carboxylic acids is 1. The minimum atomic E-state index is -4.43. The second-order valence-corrected chi connectivity index (χ2v) is 6.60. The third-order valence-corrected chi connectivity index (χ3v) is 4.40. The molecule has 0 saturated carbocycles. The number of alkyl halides is 3. The van der Waals surface area contributed by atoms with Gasteiger partial charge in [0.25, 0.3) is 5.91 Å². The lowest BCUT2D eigenvalue weighted by Crippen LogP contribution is -2.19. The van der Waals surface area contributed by atoms with Gasteiger partial charge in [-0.25, -0.2) is 9.37 Å². The third kappa shape index (κ3) is 5.29. The molecular weight excluding hydrogens is 410 g/mol. The van der Waals surface area contributed by atoms with E-state index in [4.69, 9.17) is 0 Å². The normalized spacial score (nSPS) is 11.3. The summed E-state index contributed by atoms with van der Waals surface area (Å²) in [6, 6.07) is 11.1. The summed E-state index contributed by atoms with van der Waals surface area (Å²) in [5.74, 6) is -0.856. The highest BCUT2D eigenvalue weighted by Gasteiger charge is 2.28. The van der Waals surface area contributed by atoms with Gasteiger partial charge >= 0.3 is 6.18 Å². The van der Waals surface area contributed by atoms with Gasteiger partial charge in [-0.2, -0.15) is 13.2 Å². The van der Waals surface area contributed by atoms with Crippen LogP contribution in [0.5, 0.6) is 5.75 Å². The molecule has 0 bridgehead atoms. The zero-order valence-electron chi connectivity index (χ0n) is 15.0. The Bertz CT molecular complexity index is 986. The molecule has 3 aromatic rings. The van der Waals surface area contributed by atoms with Crippen molar-refractivity contribution in [3.63, 3.8) is 0 Å². The van der Waals surface area contributed by atoms with Crippen LogP contribution in [0.25, 0.3) is 5.69 Å². The highest BCUT2D eigenvalue weighted by atomic mass is 32.2. The molecule has 29 heavy (non-hydrogen) atoms. The van der Waals surface area contributed by atoms with Crippen molar-refractivity contribution in [2.24, 2.45) is 0 Å². The number of benzene rings is 2. The van der Waals surface area contributed by atoms with Crippen molar-refractivity contribution in [1.29, 1.82) is 0 Å². The van der Waals surface area contributed by atoms with E-state index in [1.54, 1.807) is 10.8 Å². The van der Waals surface area contributed by atoms with Crippen molar-refractivity contribution in [3.8, 4) is 11.4 Å². The molecule has 1 aromatic heterocycles. The van der Waals surface area contributed by atoms with Crippen LogP contribution in [0.15, 0.2) is 59.9 Å². The molecule has 1 N–H and O–H groups in total. The molecule has 3 rings (SSSR count). The van der Waals surface area contributed by atoms with E-state index in [2.05, 4.69) is 15.0 Å². The lowest BCUT2D eigenvalue weighted by atomic mass is 10.2. The van der Waals surface area contributed by atoms with Gasteiger partial charge in [0.15, 0.2) is 11.8 Å². The van der Waals surface area contributed by atoms with Gasteiger partial charge < -0.3 is 10.1 Å². The summed E-state index contributed by atoms with van der Waals surface area (Å²) in [4.78, 5) is 16.9. The molecule has 0 unspecified atom stereocenters. The summed E-state index contributed by atoms with van der Waals surface area (Å²) in [5.41, 5.74) is 1.15. The number of hydrogen-bond acceptors (Lipinski definition) is 4. The van der Waals surface area contributed by atoms with Gasteiger partial charge in [-0.1, -0.05) is 11.8 Å². The number of nitrogens with one attached hydrogen (secondary N) is 1. The minimum Gasteiger partial charge on any atom is -0.484 e. The summed E-state index contributed by atoms with van der Waals surface area (Å²) in [5, 5.41) is 3.20. The smallest absolute Gasteiger partial charge is 0.422 e. The molecule has 0 saturated heterocycles. The molecule has 0 aliphatic rings. The van der Waals surface area contributed by atoms with E-state index in [1.807, 2.05) is 0 Å². The Morgan fingerprint density at radius 3 is 2.38 bits per heavy atom. The van der Waals surface area contributed by atoms with Crippen molar-refractivity contribution >= 4 is 23.4 Å². The first kappa shape index (κ1) is 20.7. The van der Waals surface area contributed by atoms with Gasteiger partial charge in [0.05, 0.1) is 6.20 Å². The first-order valence-electron chi connectivity index (χ1n) is 8.25. The lowest BCUT2D eigenvalue weighted by molar-refractivity contribution is -0.153. The SMILES string of the molecule is CSc1ncc(C(=O)Nc2ccc(OCC(F)(F)F)cc2)n1-c1ccc(F)cc1. The number of aromatic nitrogens is 2. The summed E-state index contributed by atoms with van der Waals surface area (Å²) < 4.78 is 56.0. The zero-order chi connectivity index (χ0) is 21.0. The number of halogens is 4. The largest absolute Gasteiger partial charge is 0.484 e. The first-order valence-corrected chi connectivity index (χ1v) is 9.48. The topological polar surface area (TPSA) is 56.1 Å². The number of ether oxygens (including phenoxy) is 1. The molecule has 0 fully saturated rings. The average Bonchev–Trinajstić information content (AvgIpc) is 3.12. The number of rotatable bonds is 6. The molecule has 0 atom stereocenters. The number of imidazole rings is 1. The minimum absolute atomic E-state index is 0.0290. The number of nitrogens with zero attached hydrogens (tertiary/aromatic N) is 2. The Morgan fingerprint density at radius 2 is 1.79 bits per heavy atom. The highest BCUT2D eigenvalue weighted by Crippen LogP contribution is 2.24. The van der Waals surface area contributed by atoms with Crippen molar-refractivity contribution in [2.45, 2.75) is 11.3 Å². The predicted molar refractivity (Wildman–Crippen MR) is 101 cm³/mol. The van der Waals surface area contributed by atoms with E-state index in [0.29, 0.717) is 16.5 Å². The van der Waals surface area contributed by atoms with Crippen LogP contribution in [0.1, 0.15) is 10.5 Å². The van der Waals surface area contributed by atoms with Gasteiger partial charge in [-0.15, -0.1) is 0 Å². The van der Waals surface area contributed by atoms with Crippen molar-refractivity contribution in [1.82, 2.24) is 9.55 Å². The fourth-order valence-electron chi connectivity index (χ4n) is 2.47. The molecule has 1 heterocycles. The molecule has 0 aliphatic heterocycles. The Morgan fingerprint density at radius 1 is 1.14 bits per heavy atom. The van der Waals surface area contributed by atoms with Crippen LogP contribution in [0.4, 0.5) is 23.2 Å². The van der Waals surface area contributed by atoms with E-state index in [0.717, 1.165) is 0 Å². The third-order valence-electron chi connectivity index (χ3n) is 3.74. The summed E-state index contributed by atoms with van der Waals surface area (Å²) >= 11 is 1.32. The molecule has 0 aliphatic carbocycles. The molecule has 0 spiro atoms. The Hall–Kier alpha value is -3.01. The van der Waals surface area contributed by atoms with Crippen LogP contribution in [-0.4, -0.2) is 34.5 Å². The molecule has 1 amide bonds. The summed E-state index contributed by atoms with van der Waals surface area (Å²) in [6.07, 6.45) is -1.24. The van der Waals surface area contributed by atoms with Gasteiger partial charge in [0.1, 0.15) is 17.3 Å². The zero-order valence-corrected chi connectivity index (χ0v) is 15.9. The summed E-state index contributed by atoms with van der Waals surface area (Å²) in [7, 11) is 0. The Kier molecular flexibility index (Phi) is 6.12. The average molecular weight is 425 g/mol. The quantitative estimate of drug-likeness (QED) is 0.450. The number of thioether (sulfide) groups is 1.